The second-order valence-electron chi connectivity index (χ2n) is 6.32. The Hall–Kier alpha value is -0.0400. The van der Waals surface area contributed by atoms with Crippen molar-refractivity contribution < 1.29 is 0 Å². The summed E-state index contributed by atoms with van der Waals surface area (Å²) in [6.07, 6.45) is 16.1. The zero-order valence-corrected chi connectivity index (χ0v) is 12.0. The zero-order valence-electron chi connectivity index (χ0n) is 12.0. The summed E-state index contributed by atoms with van der Waals surface area (Å²) in [5, 5.41) is 0. The highest BCUT2D eigenvalue weighted by molar-refractivity contribution is 4.90. The summed E-state index contributed by atoms with van der Waals surface area (Å²) in [5.74, 6) is 0. The van der Waals surface area contributed by atoms with Crippen LogP contribution < -0.4 is 0 Å². The maximum Gasteiger partial charge on any atom is 0.0101 e. The van der Waals surface area contributed by atoms with Gasteiger partial charge < -0.3 is 0 Å². The third-order valence-electron chi connectivity index (χ3n) is 4.97. The molecule has 17 heavy (non-hydrogen) atoms. The number of nitrogens with zero attached hydrogens (tertiary/aromatic N) is 1. The molecule has 0 radical (unpaired) electrons. The summed E-state index contributed by atoms with van der Waals surface area (Å²) < 4.78 is 0. The highest BCUT2D eigenvalue weighted by Crippen LogP contribution is 2.33. The van der Waals surface area contributed by atoms with Gasteiger partial charge in [0.15, 0.2) is 0 Å². The van der Waals surface area contributed by atoms with E-state index in [2.05, 4.69) is 18.7 Å². The van der Waals surface area contributed by atoms with Gasteiger partial charge in [0.25, 0.3) is 0 Å². The Bertz CT molecular complexity index is 204. The maximum atomic E-state index is 2.93. The number of hydrogen-bond acceptors (Lipinski definition) is 1. The molecule has 2 rings (SSSR count). The lowest BCUT2D eigenvalue weighted by Gasteiger charge is -2.37. The molecule has 1 saturated carbocycles. The Labute approximate surface area is 108 Å². The van der Waals surface area contributed by atoms with Crippen LogP contribution in [0.15, 0.2) is 0 Å². The highest BCUT2D eigenvalue weighted by Gasteiger charge is 2.34. The predicted octanol–water partition coefficient (Wildman–Crippen LogP) is 4.75. The van der Waals surface area contributed by atoms with Crippen LogP contribution in [0.4, 0.5) is 0 Å². The summed E-state index contributed by atoms with van der Waals surface area (Å²) in [5.41, 5.74) is 0. The Morgan fingerprint density at radius 1 is 0.882 bits per heavy atom. The summed E-state index contributed by atoms with van der Waals surface area (Å²) in [6.45, 7) is 4.81. The van der Waals surface area contributed by atoms with Crippen molar-refractivity contribution in [2.45, 2.75) is 103 Å². The van der Waals surface area contributed by atoms with E-state index in [1.165, 1.54) is 70.6 Å². The Balaban J connectivity index is 1.95. The molecule has 2 atom stereocenters. The van der Waals surface area contributed by atoms with Gasteiger partial charge in [-0.25, -0.2) is 0 Å². The van der Waals surface area contributed by atoms with Gasteiger partial charge in [0.1, 0.15) is 0 Å². The van der Waals surface area contributed by atoms with Gasteiger partial charge in [-0.05, 0) is 39.0 Å². The first-order valence-electron chi connectivity index (χ1n) is 8.10. The van der Waals surface area contributed by atoms with Crippen molar-refractivity contribution in [3.05, 3.63) is 0 Å². The molecular formula is C16H31N. The topological polar surface area (TPSA) is 3.24 Å². The molecule has 0 aromatic carbocycles. The summed E-state index contributed by atoms with van der Waals surface area (Å²) in [7, 11) is 0. The van der Waals surface area contributed by atoms with Crippen molar-refractivity contribution in [1.29, 1.82) is 0 Å². The molecule has 2 aliphatic rings. The Kier molecular flexibility index (Phi) is 5.34. The van der Waals surface area contributed by atoms with E-state index in [-0.39, 0.29) is 0 Å². The summed E-state index contributed by atoms with van der Waals surface area (Å²) in [4.78, 5) is 2.93. The molecule has 0 amide bonds. The number of rotatable bonds is 3. The van der Waals surface area contributed by atoms with E-state index in [0.717, 1.165) is 18.1 Å². The van der Waals surface area contributed by atoms with Crippen LogP contribution in [0.2, 0.25) is 0 Å². The minimum atomic E-state index is 0.857. The first-order chi connectivity index (χ1) is 8.33. The van der Waals surface area contributed by atoms with Gasteiger partial charge in [-0.1, -0.05) is 45.4 Å². The molecule has 1 nitrogen and oxygen atoms in total. The van der Waals surface area contributed by atoms with Crippen molar-refractivity contribution in [3.8, 4) is 0 Å². The third kappa shape index (κ3) is 3.47. The first kappa shape index (κ1) is 13.4. The molecule has 1 aliphatic heterocycles. The van der Waals surface area contributed by atoms with E-state index < -0.39 is 0 Å². The van der Waals surface area contributed by atoms with Crippen LogP contribution in [-0.4, -0.2) is 23.0 Å². The molecule has 0 spiro atoms. The molecular weight excluding hydrogens is 206 g/mol. The van der Waals surface area contributed by atoms with Gasteiger partial charge in [0.05, 0.1) is 0 Å². The maximum absolute atomic E-state index is 2.93. The van der Waals surface area contributed by atoms with Crippen LogP contribution >= 0.6 is 0 Å². The third-order valence-corrected chi connectivity index (χ3v) is 4.97. The summed E-state index contributed by atoms with van der Waals surface area (Å²) >= 11 is 0. The molecule has 0 bridgehead atoms. The molecule has 1 saturated heterocycles. The Morgan fingerprint density at radius 3 is 2.18 bits per heavy atom. The van der Waals surface area contributed by atoms with E-state index in [1.54, 1.807) is 0 Å². The van der Waals surface area contributed by atoms with Crippen LogP contribution in [0.25, 0.3) is 0 Å². The molecule has 1 heterocycles. The Morgan fingerprint density at radius 2 is 1.53 bits per heavy atom. The quantitative estimate of drug-likeness (QED) is 0.684. The minimum absolute atomic E-state index is 0.857. The zero-order chi connectivity index (χ0) is 12.1. The van der Waals surface area contributed by atoms with Crippen LogP contribution in [0, 0.1) is 0 Å². The fraction of sp³-hybridized carbons (Fsp3) is 1.00. The highest BCUT2D eigenvalue weighted by atomic mass is 15.2. The van der Waals surface area contributed by atoms with E-state index >= 15 is 0 Å². The molecule has 0 aromatic rings. The molecule has 2 unspecified atom stereocenters. The predicted molar refractivity (Wildman–Crippen MR) is 75.3 cm³/mol. The number of hydrogen-bond donors (Lipinski definition) is 0. The monoisotopic (exact) mass is 237 g/mol. The van der Waals surface area contributed by atoms with Crippen LogP contribution in [0.3, 0.4) is 0 Å². The minimum Gasteiger partial charge on any atom is -0.295 e. The molecule has 100 valence electrons. The number of likely N-dealkylation sites (tertiary alicyclic amines) is 1. The van der Waals surface area contributed by atoms with Gasteiger partial charge in [-0.15, -0.1) is 0 Å². The van der Waals surface area contributed by atoms with Crippen molar-refractivity contribution >= 4 is 0 Å². The first-order valence-corrected chi connectivity index (χ1v) is 8.10. The van der Waals surface area contributed by atoms with Crippen LogP contribution in [0.5, 0.6) is 0 Å². The van der Waals surface area contributed by atoms with E-state index in [4.69, 9.17) is 0 Å². The second-order valence-corrected chi connectivity index (χ2v) is 6.32. The molecule has 0 aromatic heterocycles. The van der Waals surface area contributed by atoms with Gasteiger partial charge >= 0.3 is 0 Å². The summed E-state index contributed by atoms with van der Waals surface area (Å²) in [6, 6.07) is 2.69. The van der Waals surface area contributed by atoms with Gasteiger partial charge in [-0.3, -0.25) is 4.90 Å². The van der Waals surface area contributed by atoms with E-state index in [9.17, 15) is 0 Å². The van der Waals surface area contributed by atoms with Crippen LogP contribution in [0.1, 0.15) is 84.5 Å². The molecule has 2 fully saturated rings. The standard InChI is InChI=1S/C16H31N/c1-3-9-15-13-12-14(2)17(15)16-10-7-5-4-6-8-11-16/h14-16H,3-13H2,1-2H3. The average molecular weight is 237 g/mol. The lowest BCUT2D eigenvalue weighted by Crippen LogP contribution is -2.43. The van der Waals surface area contributed by atoms with Crippen molar-refractivity contribution in [2.24, 2.45) is 0 Å². The normalized spacial score (nSPS) is 33.5. The SMILES string of the molecule is CCCC1CCC(C)N1C1CCCCCCC1. The van der Waals surface area contributed by atoms with Gasteiger partial charge in [-0.2, -0.15) is 0 Å². The second kappa shape index (κ2) is 6.78. The van der Waals surface area contributed by atoms with Crippen LogP contribution in [-0.2, 0) is 0 Å². The van der Waals surface area contributed by atoms with Crippen molar-refractivity contribution in [3.63, 3.8) is 0 Å². The van der Waals surface area contributed by atoms with Crippen molar-refractivity contribution in [2.75, 3.05) is 0 Å². The van der Waals surface area contributed by atoms with Gasteiger partial charge in [0, 0.05) is 18.1 Å². The lowest BCUT2D eigenvalue weighted by molar-refractivity contribution is 0.108. The lowest BCUT2D eigenvalue weighted by atomic mass is 9.94. The average Bonchev–Trinajstić information content (AvgIpc) is 2.61. The van der Waals surface area contributed by atoms with E-state index in [1.807, 2.05) is 0 Å². The molecule has 0 N–H and O–H groups in total. The fourth-order valence-corrected chi connectivity index (χ4v) is 4.11. The molecule has 1 aliphatic carbocycles. The smallest absolute Gasteiger partial charge is 0.0101 e. The van der Waals surface area contributed by atoms with E-state index in [0.29, 0.717) is 0 Å². The van der Waals surface area contributed by atoms with Crippen molar-refractivity contribution in [1.82, 2.24) is 4.90 Å². The fourth-order valence-electron chi connectivity index (χ4n) is 4.11. The largest absolute Gasteiger partial charge is 0.295 e. The molecule has 1 heteroatoms. The van der Waals surface area contributed by atoms with Gasteiger partial charge in [0.2, 0.25) is 0 Å².